The molecule has 2 aliphatic heterocycles. The number of nitrogens with zero attached hydrogens (tertiary/aromatic N) is 4. The summed E-state index contributed by atoms with van der Waals surface area (Å²) in [6.07, 6.45) is 0.317. The molecule has 166 valence electrons. The van der Waals surface area contributed by atoms with Crippen molar-refractivity contribution in [2.75, 3.05) is 22.9 Å². The normalized spacial score (nSPS) is 18.2. The smallest absolute Gasteiger partial charge is 0.328 e. The zero-order chi connectivity index (χ0) is 23.0. The van der Waals surface area contributed by atoms with E-state index in [4.69, 9.17) is 0 Å². The molecule has 6 rings (SSSR count). The predicted octanol–water partition coefficient (Wildman–Crippen LogP) is 2.40. The first-order valence-corrected chi connectivity index (χ1v) is 10.9. The van der Waals surface area contributed by atoms with Gasteiger partial charge in [0, 0.05) is 54.8 Å². The summed E-state index contributed by atoms with van der Waals surface area (Å²) in [5.41, 5.74) is 3.47. The molecule has 33 heavy (non-hydrogen) atoms. The Morgan fingerprint density at radius 3 is 2.33 bits per heavy atom. The van der Waals surface area contributed by atoms with Crippen LogP contribution in [0.25, 0.3) is 21.8 Å². The molecular weight excluding hydrogens is 420 g/mol. The molecule has 1 saturated heterocycles. The highest BCUT2D eigenvalue weighted by molar-refractivity contribution is 6.36. The van der Waals surface area contributed by atoms with Gasteiger partial charge in [-0.15, -0.1) is 0 Å². The molecule has 0 spiro atoms. The molecule has 1 N–H and O–H groups in total. The van der Waals surface area contributed by atoms with Crippen molar-refractivity contribution in [3.05, 3.63) is 70.1 Å². The van der Waals surface area contributed by atoms with Crippen molar-refractivity contribution in [1.29, 1.82) is 0 Å². The first-order chi connectivity index (χ1) is 15.9. The number of aromatic nitrogens is 2. The largest absolute Gasteiger partial charge is 0.391 e. The molecule has 0 bridgehead atoms. The molecule has 4 aromatic rings. The molecule has 0 radical (unpaired) electrons. The van der Waals surface area contributed by atoms with E-state index in [1.165, 1.54) is 14.0 Å². The van der Waals surface area contributed by atoms with Crippen LogP contribution in [0.2, 0.25) is 0 Å². The van der Waals surface area contributed by atoms with Gasteiger partial charge in [0.25, 0.3) is 11.8 Å². The average molecular weight is 442 g/mol. The Morgan fingerprint density at radius 1 is 0.879 bits per heavy atom. The van der Waals surface area contributed by atoms with Gasteiger partial charge in [0.15, 0.2) is 0 Å². The Balaban J connectivity index is 1.52. The fourth-order valence-corrected chi connectivity index (χ4v) is 5.19. The number of aliphatic hydroxyl groups is 1. The number of hydrogen-bond acceptors (Lipinski definition) is 5. The number of aryl methyl sites for hydroxylation is 2. The lowest BCUT2D eigenvalue weighted by molar-refractivity contribution is 0.0893. The maximum Gasteiger partial charge on any atom is 0.328 e. The van der Waals surface area contributed by atoms with Crippen molar-refractivity contribution in [1.82, 2.24) is 9.13 Å². The summed E-state index contributed by atoms with van der Waals surface area (Å²) in [7, 11) is 3.36. The van der Waals surface area contributed by atoms with E-state index >= 15 is 0 Å². The molecule has 1 fully saturated rings. The fourth-order valence-electron chi connectivity index (χ4n) is 5.19. The molecule has 1 aromatic heterocycles. The number of carbonyl (C=O) groups excluding carboxylic acids is 2. The van der Waals surface area contributed by atoms with Crippen LogP contribution in [0.5, 0.6) is 0 Å². The van der Waals surface area contributed by atoms with Crippen LogP contribution in [-0.2, 0) is 14.1 Å². The third kappa shape index (κ3) is 2.64. The maximum atomic E-state index is 13.6. The van der Waals surface area contributed by atoms with Crippen LogP contribution in [0.4, 0.5) is 11.4 Å². The van der Waals surface area contributed by atoms with E-state index in [0.29, 0.717) is 40.7 Å². The Hall–Kier alpha value is -3.91. The topological polar surface area (TPSA) is 87.8 Å². The van der Waals surface area contributed by atoms with Gasteiger partial charge in [-0.3, -0.25) is 18.7 Å². The lowest BCUT2D eigenvalue weighted by Crippen LogP contribution is -2.40. The summed E-state index contributed by atoms with van der Waals surface area (Å²) in [5, 5.41) is 11.5. The minimum absolute atomic E-state index is 0.173. The summed E-state index contributed by atoms with van der Waals surface area (Å²) in [4.78, 5) is 42.7. The molecule has 2 amide bonds. The fraction of sp³-hybridized carbons (Fsp3) is 0.240. The van der Waals surface area contributed by atoms with Crippen LogP contribution < -0.4 is 15.5 Å². The number of fused-ring (bicyclic) bond motifs is 1. The second kappa shape index (κ2) is 6.79. The van der Waals surface area contributed by atoms with E-state index in [1.54, 1.807) is 44.4 Å². The first kappa shape index (κ1) is 19.8. The van der Waals surface area contributed by atoms with Crippen molar-refractivity contribution in [3.63, 3.8) is 0 Å². The molecule has 8 nitrogen and oxygen atoms in total. The predicted molar refractivity (Wildman–Crippen MR) is 126 cm³/mol. The van der Waals surface area contributed by atoms with E-state index in [2.05, 4.69) is 4.90 Å². The van der Waals surface area contributed by atoms with Gasteiger partial charge in [-0.1, -0.05) is 12.1 Å². The number of rotatable bonds is 2. The molecule has 0 unspecified atom stereocenters. The first-order valence-electron chi connectivity index (χ1n) is 10.9. The van der Waals surface area contributed by atoms with Crippen molar-refractivity contribution in [3.8, 4) is 0 Å². The van der Waals surface area contributed by atoms with Crippen LogP contribution in [0.15, 0.2) is 53.3 Å². The maximum absolute atomic E-state index is 13.6. The number of hydrogen-bond donors (Lipinski definition) is 1. The third-order valence-electron chi connectivity index (χ3n) is 6.90. The van der Waals surface area contributed by atoms with E-state index < -0.39 is 11.8 Å². The van der Waals surface area contributed by atoms with Crippen LogP contribution >= 0.6 is 0 Å². The number of anilines is 2. The highest BCUT2D eigenvalue weighted by Crippen LogP contribution is 2.38. The van der Waals surface area contributed by atoms with E-state index in [9.17, 15) is 19.5 Å². The lowest BCUT2D eigenvalue weighted by Gasteiger charge is -2.29. The van der Waals surface area contributed by atoms with E-state index in [1.807, 2.05) is 18.2 Å². The highest BCUT2D eigenvalue weighted by atomic mass is 16.3. The standard InChI is InChI=1S/C25H22N4O4/c1-26-20-8-6-14(12-21(20)27(2)25(26)33)29-23(31)17-5-3-4-16-19(28-11-10-15(30)13-28)9-7-18(22(16)17)24(29)32/h3-9,12,15,30H,10-11,13H2,1-2H3/t15-/m1/s1. The summed E-state index contributed by atoms with van der Waals surface area (Å²) in [6.45, 7) is 1.26. The van der Waals surface area contributed by atoms with Crippen molar-refractivity contribution >= 4 is 45.0 Å². The van der Waals surface area contributed by atoms with Crippen molar-refractivity contribution in [2.45, 2.75) is 12.5 Å². The SMILES string of the molecule is Cn1c(=O)n(C)c2cc(N3C(=O)c4cccc5c(N6CC[C@@H](O)C6)ccc(c45)C3=O)ccc21. The number of benzene rings is 3. The van der Waals surface area contributed by atoms with Gasteiger partial charge < -0.3 is 10.0 Å². The number of β-amino-alcohol motifs (C(OH)–C–C–N with tert-alkyl or cyclic N) is 1. The van der Waals surface area contributed by atoms with Gasteiger partial charge >= 0.3 is 5.69 Å². The van der Waals surface area contributed by atoms with Gasteiger partial charge in [-0.05, 0) is 42.8 Å². The van der Waals surface area contributed by atoms with Gasteiger partial charge in [0.1, 0.15) is 0 Å². The number of amides is 2. The molecule has 3 heterocycles. The summed E-state index contributed by atoms with van der Waals surface area (Å²) >= 11 is 0. The second-order valence-corrected chi connectivity index (χ2v) is 8.77. The van der Waals surface area contributed by atoms with E-state index in [0.717, 1.165) is 23.1 Å². The van der Waals surface area contributed by atoms with Gasteiger partial charge in [-0.2, -0.15) is 0 Å². The molecular formula is C25H22N4O4. The zero-order valence-corrected chi connectivity index (χ0v) is 18.3. The Morgan fingerprint density at radius 2 is 1.61 bits per heavy atom. The summed E-state index contributed by atoms with van der Waals surface area (Å²) in [5.74, 6) is -0.783. The van der Waals surface area contributed by atoms with Crippen molar-refractivity contribution < 1.29 is 14.7 Å². The van der Waals surface area contributed by atoms with Crippen LogP contribution in [0.1, 0.15) is 27.1 Å². The Bertz CT molecular complexity index is 1540. The molecule has 8 heteroatoms. The van der Waals surface area contributed by atoms with Gasteiger partial charge in [-0.25, -0.2) is 9.69 Å². The average Bonchev–Trinajstić information content (AvgIpc) is 3.34. The van der Waals surface area contributed by atoms with Crippen LogP contribution in [-0.4, -0.2) is 45.2 Å². The highest BCUT2D eigenvalue weighted by Gasteiger charge is 2.35. The lowest BCUT2D eigenvalue weighted by atomic mass is 9.92. The molecule has 0 aliphatic carbocycles. The van der Waals surface area contributed by atoms with Crippen molar-refractivity contribution in [2.24, 2.45) is 14.1 Å². The second-order valence-electron chi connectivity index (χ2n) is 8.77. The summed E-state index contributed by atoms with van der Waals surface area (Å²) in [6, 6.07) is 14.3. The van der Waals surface area contributed by atoms with E-state index in [-0.39, 0.29) is 11.8 Å². The number of imide groups is 1. The van der Waals surface area contributed by atoms with Crippen LogP contribution in [0, 0.1) is 0 Å². The Labute approximate surface area is 188 Å². The number of aliphatic hydroxyl groups excluding tert-OH is 1. The quantitative estimate of drug-likeness (QED) is 0.482. The van der Waals surface area contributed by atoms with Gasteiger partial charge in [0.05, 0.1) is 22.8 Å². The van der Waals surface area contributed by atoms with Crippen LogP contribution in [0.3, 0.4) is 0 Å². The molecule has 1 atom stereocenters. The molecule has 2 aliphatic rings. The van der Waals surface area contributed by atoms with Gasteiger partial charge in [0.2, 0.25) is 0 Å². The minimum atomic E-state index is -0.392. The Kier molecular flexibility index (Phi) is 4.07. The molecule has 0 saturated carbocycles. The third-order valence-corrected chi connectivity index (χ3v) is 6.90. The zero-order valence-electron chi connectivity index (χ0n) is 18.3. The monoisotopic (exact) mass is 442 g/mol. The minimum Gasteiger partial charge on any atom is -0.391 e. The number of imidazole rings is 1. The summed E-state index contributed by atoms with van der Waals surface area (Å²) < 4.78 is 3.04. The number of carbonyl (C=O) groups is 2. The molecule has 3 aromatic carbocycles.